The Labute approximate surface area is 105 Å². The van der Waals surface area contributed by atoms with Crippen molar-refractivity contribution in [1.82, 2.24) is 10.2 Å². The lowest BCUT2D eigenvalue weighted by atomic mass is 9.95. The van der Waals surface area contributed by atoms with Crippen molar-refractivity contribution >= 4 is 0 Å². The molecule has 1 saturated heterocycles. The Bertz CT molecular complexity index is 398. The Balaban J connectivity index is 2.15. The van der Waals surface area contributed by atoms with E-state index < -0.39 is 0 Å². The lowest BCUT2D eigenvalue weighted by Crippen LogP contribution is -2.50. The van der Waals surface area contributed by atoms with Crippen LogP contribution in [0.4, 0.5) is 0 Å². The summed E-state index contributed by atoms with van der Waals surface area (Å²) in [5.41, 5.74) is 5.76. The van der Waals surface area contributed by atoms with Crippen molar-refractivity contribution in [2.45, 2.75) is 33.2 Å². The first-order valence-corrected chi connectivity index (χ1v) is 6.55. The molecule has 2 heteroatoms. The number of piperazine rings is 1. The summed E-state index contributed by atoms with van der Waals surface area (Å²) >= 11 is 0. The molecule has 1 unspecified atom stereocenters. The van der Waals surface area contributed by atoms with E-state index in [-0.39, 0.29) is 0 Å². The maximum atomic E-state index is 3.49. The van der Waals surface area contributed by atoms with E-state index in [2.05, 4.69) is 50.2 Å². The van der Waals surface area contributed by atoms with Crippen LogP contribution in [0.2, 0.25) is 0 Å². The van der Waals surface area contributed by atoms with Crippen LogP contribution >= 0.6 is 0 Å². The zero-order valence-corrected chi connectivity index (χ0v) is 11.5. The maximum Gasteiger partial charge on any atom is 0.0258 e. The van der Waals surface area contributed by atoms with Crippen LogP contribution in [0.15, 0.2) is 12.1 Å². The number of hydrogen-bond acceptors (Lipinski definition) is 2. The molecule has 1 atom stereocenters. The molecule has 1 fully saturated rings. The van der Waals surface area contributed by atoms with Gasteiger partial charge in [-0.2, -0.15) is 0 Å². The molecule has 2 rings (SSSR count). The van der Waals surface area contributed by atoms with Gasteiger partial charge in [0, 0.05) is 25.7 Å². The van der Waals surface area contributed by atoms with E-state index in [1.54, 1.807) is 0 Å². The third kappa shape index (κ3) is 2.88. The van der Waals surface area contributed by atoms with Crippen molar-refractivity contribution in [3.8, 4) is 0 Å². The first kappa shape index (κ1) is 12.6. The average Bonchev–Trinajstić information content (AvgIpc) is 2.29. The number of aryl methyl sites for hydroxylation is 3. The molecule has 1 aromatic carbocycles. The average molecular weight is 232 g/mol. The smallest absolute Gasteiger partial charge is 0.0258 e. The van der Waals surface area contributed by atoms with Gasteiger partial charge in [0.25, 0.3) is 0 Å². The molecule has 0 aromatic heterocycles. The third-order valence-corrected chi connectivity index (χ3v) is 4.05. The topological polar surface area (TPSA) is 15.3 Å². The van der Waals surface area contributed by atoms with Crippen LogP contribution in [0.25, 0.3) is 0 Å². The van der Waals surface area contributed by atoms with E-state index in [1.807, 2.05) is 0 Å². The molecule has 0 radical (unpaired) electrons. The summed E-state index contributed by atoms with van der Waals surface area (Å²) in [5.74, 6) is 0. The molecule has 1 aromatic rings. The molecular formula is C15H24N2. The van der Waals surface area contributed by atoms with Crippen molar-refractivity contribution < 1.29 is 0 Å². The van der Waals surface area contributed by atoms with Gasteiger partial charge >= 0.3 is 0 Å². The Morgan fingerprint density at radius 1 is 1.18 bits per heavy atom. The SMILES string of the molecule is Cc1cc(C)c(CC2CNCCN2C)cc1C. The summed E-state index contributed by atoms with van der Waals surface area (Å²) in [6.45, 7) is 10.0. The van der Waals surface area contributed by atoms with Crippen molar-refractivity contribution in [2.24, 2.45) is 0 Å². The van der Waals surface area contributed by atoms with Gasteiger partial charge in [0.15, 0.2) is 0 Å². The van der Waals surface area contributed by atoms with Crippen molar-refractivity contribution in [2.75, 3.05) is 26.7 Å². The Morgan fingerprint density at radius 2 is 1.88 bits per heavy atom. The van der Waals surface area contributed by atoms with Gasteiger partial charge in [-0.25, -0.2) is 0 Å². The molecule has 2 nitrogen and oxygen atoms in total. The highest BCUT2D eigenvalue weighted by Crippen LogP contribution is 2.18. The maximum absolute atomic E-state index is 3.49. The van der Waals surface area contributed by atoms with Crippen molar-refractivity contribution in [3.05, 3.63) is 34.4 Å². The second-order valence-electron chi connectivity index (χ2n) is 5.41. The van der Waals surface area contributed by atoms with Gasteiger partial charge in [-0.1, -0.05) is 12.1 Å². The van der Waals surface area contributed by atoms with Crippen molar-refractivity contribution in [1.29, 1.82) is 0 Å². The van der Waals surface area contributed by atoms with Crippen molar-refractivity contribution in [3.63, 3.8) is 0 Å². The van der Waals surface area contributed by atoms with E-state index in [0.29, 0.717) is 6.04 Å². The van der Waals surface area contributed by atoms with Crippen LogP contribution < -0.4 is 5.32 Å². The molecule has 1 N–H and O–H groups in total. The van der Waals surface area contributed by atoms with E-state index >= 15 is 0 Å². The fraction of sp³-hybridized carbons (Fsp3) is 0.600. The molecule has 94 valence electrons. The van der Waals surface area contributed by atoms with Crippen LogP contribution in [-0.2, 0) is 6.42 Å². The van der Waals surface area contributed by atoms with Gasteiger partial charge in [-0.05, 0) is 56.5 Å². The van der Waals surface area contributed by atoms with E-state index in [1.165, 1.54) is 22.3 Å². The van der Waals surface area contributed by atoms with Gasteiger partial charge in [-0.3, -0.25) is 0 Å². The normalized spacial score (nSPS) is 21.8. The molecule has 0 spiro atoms. The minimum Gasteiger partial charge on any atom is -0.314 e. The van der Waals surface area contributed by atoms with E-state index in [0.717, 1.165) is 26.1 Å². The number of likely N-dealkylation sites (N-methyl/N-ethyl adjacent to an activating group) is 1. The highest BCUT2D eigenvalue weighted by Gasteiger charge is 2.19. The fourth-order valence-corrected chi connectivity index (χ4v) is 2.58. The third-order valence-electron chi connectivity index (χ3n) is 4.05. The molecule has 1 aliphatic rings. The molecule has 1 aliphatic heterocycles. The standard InChI is InChI=1S/C15H24N2/c1-11-7-13(3)14(8-12(11)2)9-15-10-16-5-6-17(15)4/h7-8,15-16H,5-6,9-10H2,1-4H3. The summed E-state index contributed by atoms with van der Waals surface area (Å²) < 4.78 is 0. The lowest BCUT2D eigenvalue weighted by molar-refractivity contribution is 0.199. The Hall–Kier alpha value is -0.860. The predicted molar refractivity (Wildman–Crippen MR) is 73.6 cm³/mol. The second kappa shape index (κ2) is 5.19. The van der Waals surface area contributed by atoms with Crippen LogP contribution in [0.5, 0.6) is 0 Å². The predicted octanol–water partition coefficient (Wildman–Crippen LogP) is 2.06. The van der Waals surface area contributed by atoms with Crippen LogP contribution in [0.1, 0.15) is 22.3 Å². The quantitative estimate of drug-likeness (QED) is 0.839. The van der Waals surface area contributed by atoms with Crippen LogP contribution in [0.3, 0.4) is 0 Å². The Kier molecular flexibility index (Phi) is 3.85. The molecule has 1 heterocycles. The minimum absolute atomic E-state index is 0.643. The van der Waals surface area contributed by atoms with E-state index in [9.17, 15) is 0 Å². The lowest BCUT2D eigenvalue weighted by Gasteiger charge is -2.33. The van der Waals surface area contributed by atoms with Crippen LogP contribution in [0, 0.1) is 20.8 Å². The highest BCUT2D eigenvalue weighted by atomic mass is 15.2. The molecule has 0 saturated carbocycles. The van der Waals surface area contributed by atoms with Gasteiger partial charge in [0.1, 0.15) is 0 Å². The zero-order valence-electron chi connectivity index (χ0n) is 11.5. The van der Waals surface area contributed by atoms with E-state index in [4.69, 9.17) is 0 Å². The largest absolute Gasteiger partial charge is 0.314 e. The summed E-state index contributed by atoms with van der Waals surface area (Å²) in [6, 6.07) is 5.33. The van der Waals surface area contributed by atoms with Gasteiger partial charge in [0.2, 0.25) is 0 Å². The zero-order chi connectivity index (χ0) is 12.4. The van der Waals surface area contributed by atoms with Crippen LogP contribution in [-0.4, -0.2) is 37.6 Å². The molecular weight excluding hydrogens is 208 g/mol. The Morgan fingerprint density at radius 3 is 2.59 bits per heavy atom. The molecule has 0 amide bonds. The van der Waals surface area contributed by atoms with Gasteiger partial charge < -0.3 is 10.2 Å². The molecule has 0 bridgehead atoms. The molecule has 17 heavy (non-hydrogen) atoms. The summed E-state index contributed by atoms with van der Waals surface area (Å²) in [4.78, 5) is 2.48. The summed E-state index contributed by atoms with van der Waals surface area (Å²) in [5, 5.41) is 3.49. The summed E-state index contributed by atoms with van der Waals surface area (Å²) in [7, 11) is 2.24. The second-order valence-corrected chi connectivity index (χ2v) is 5.41. The number of nitrogens with zero attached hydrogens (tertiary/aromatic N) is 1. The highest BCUT2D eigenvalue weighted by molar-refractivity contribution is 5.36. The molecule has 0 aliphatic carbocycles. The monoisotopic (exact) mass is 232 g/mol. The first-order valence-electron chi connectivity index (χ1n) is 6.55. The fourth-order valence-electron chi connectivity index (χ4n) is 2.58. The number of nitrogens with one attached hydrogen (secondary N) is 1. The number of hydrogen-bond donors (Lipinski definition) is 1. The van der Waals surface area contributed by atoms with Gasteiger partial charge in [-0.15, -0.1) is 0 Å². The first-order chi connectivity index (χ1) is 8.08. The number of benzene rings is 1. The van der Waals surface area contributed by atoms with Gasteiger partial charge in [0.05, 0.1) is 0 Å². The minimum atomic E-state index is 0.643. The summed E-state index contributed by atoms with van der Waals surface area (Å²) in [6.07, 6.45) is 1.16. The number of rotatable bonds is 2.